The standard InChI is InChI=1S/C14H24BrN3O/c1-4-5-6-7-8-16-12-9-17-18(10-11(2)3)14(19)13(12)15/h9,11,16H,4-8,10H2,1-3H3. The molecule has 108 valence electrons. The van der Waals surface area contributed by atoms with Crippen molar-refractivity contribution in [3.63, 3.8) is 0 Å². The fourth-order valence-corrected chi connectivity index (χ4v) is 2.29. The van der Waals surface area contributed by atoms with Crippen LogP contribution in [0, 0.1) is 5.92 Å². The van der Waals surface area contributed by atoms with Gasteiger partial charge in [0.15, 0.2) is 0 Å². The summed E-state index contributed by atoms with van der Waals surface area (Å²) in [7, 11) is 0. The van der Waals surface area contributed by atoms with E-state index in [-0.39, 0.29) is 5.56 Å². The van der Waals surface area contributed by atoms with Crippen LogP contribution in [0.1, 0.15) is 46.5 Å². The van der Waals surface area contributed by atoms with E-state index in [0.717, 1.165) is 18.7 Å². The predicted molar refractivity (Wildman–Crippen MR) is 83.7 cm³/mol. The molecule has 1 aromatic heterocycles. The van der Waals surface area contributed by atoms with Gasteiger partial charge in [0.2, 0.25) is 0 Å². The third kappa shape index (κ3) is 5.35. The summed E-state index contributed by atoms with van der Waals surface area (Å²) in [4.78, 5) is 12.1. The van der Waals surface area contributed by atoms with E-state index in [0.29, 0.717) is 16.9 Å². The van der Waals surface area contributed by atoms with Crippen LogP contribution in [0.5, 0.6) is 0 Å². The molecule has 0 radical (unpaired) electrons. The molecule has 4 nitrogen and oxygen atoms in total. The Labute approximate surface area is 123 Å². The molecule has 19 heavy (non-hydrogen) atoms. The van der Waals surface area contributed by atoms with Crippen molar-refractivity contribution in [2.24, 2.45) is 5.92 Å². The van der Waals surface area contributed by atoms with Gasteiger partial charge >= 0.3 is 0 Å². The number of rotatable bonds is 8. The van der Waals surface area contributed by atoms with E-state index in [1.54, 1.807) is 6.20 Å². The maximum Gasteiger partial charge on any atom is 0.283 e. The highest BCUT2D eigenvalue weighted by atomic mass is 79.9. The molecular weight excluding hydrogens is 306 g/mol. The molecular formula is C14H24BrN3O. The highest BCUT2D eigenvalue weighted by Crippen LogP contribution is 2.16. The van der Waals surface area contributed by atoms with E-state index in [9.17, 15) is 4.79 Å². The zero-order chi connectivity index (χ0) is 14.3. The van der Waals surface area contributed by atoms with Gasteiger partial charge in [-0.25, -0.2) is 4.68 Å². The molecule has 1 N–H and O–H groups in total. The molecule has 0 aromatic carbocycles. The largest absolute Gasteiger partial charge is 0.383 e. The first kappa shape index (κ1) is 16.2. The van der Waals surface area contributed by atoms with Crippen molar-refractivity contribution < 1.29 is 0 Å². The van der Waals surface area contributed by atoms with E-state index in [2.05, 4.69) is 47.1 Å². The molecule has 0 aliphatic heterocycles. The van der Waals surface area contributed by atoms with Gasteiger partial charge in [0.05, 0.1) is 11.9 Å². The van der Waals surface area contributed by atoms with Gasteiger partial charge in [-0.05, 0) is 28.3 Å². The van der Waals surface area contributed by atoms with E-state index >= 15 is 0 Å². The summed E-state index contributed by atoms with van der Waals surface area (Å²) < 4.78 is 2.09. The van der Waals surface area contributed by atoms with Crippen LogP contribution in [0.4, 0.5) is 5.69 Å². The molecule has 0 bridgehead atoms. The van der Waals surface area contributed by atoms with Crippen LogP contribution >= 0.6 is 15.9 Å². The lowest BCUT2D eigenvalue weighted by atomic mass is 10.2. The third-order valence-corrected chi connectivity index (χ3v) is 3.64. The molecule has 0 unspecified atom stereocenters. The zero-order valence-corrected chi connectivity index (χ0v) is 13.7. The van der Waals surface area contributed by atoms with Gasteiger partial charge in [-0.15, -0.1) is 0 Å². The van der Waals surface area contributed by atoms with Gasteiger partial charge in [0.1, 0.15) is 4.47 Å². The van der Waals surface area contributed by atoms with Crippen LogP contribution in [-0.4, -0.2) is 16.3 Å². The van der Waals surface area contributed by atoms with Gasteiger partial charge in [0.25, 0.3) is 5.56 Å². The Morgan fingerprint density at radius 1 is 1.37 bits per heavy atom. The Morgan fingerprint density at radius 3 is 2.74 bits per heavy atom. The predicted octanol–water partition coefficient (Wildman–Crippen LogP) is 3.65. The Balaban J connectivity index is 2.61. The zero-order valence-electron chi connectivity index (χ0n) is 12.1. The average molecular weight is 330 g/mol. The van der Waals surface area contributed by atoms with Crippen LogP contribution in [0.2, 0.25) is 0 Å². The lowest BCUT2D eigenvalue weighted by Crippen LogP contribution is -2.26. The Morgan fingerprint density at radius 2 is 2.11 bits per heavy atom. The number of hydrogen-bond acceptors (Lipinski definition) is 3. The number of halogens is 1. The molecule has 5 heteroatoms. The minimum Gasteiger partial charge on any atom is -0.383 e. The Hall–Kier alpha value is -0.840. The molecule has 1 rings (SSSR count). The summed E-state index contributed by atoms with van der Waals surface area (Å²) in [5.41, 5.74) is 0.730. The molecule has 0 fully saturated rings. The molecule has 0 saturated heterocycles. The molecule has 0 atom stereocenters. The highest BCUT2D eigenvalue weighted by Gasteiger charge is 2.09. The Kier molecular flexibility index (Phi) is 7.13. The Bertz CT molecular complexity index is 443. The second kappa shape index (κ2) is 8.35. The van der Waals surface area contributed by atoms with E-state index < -0.39 is 0 Å². The summed E-state index contributed by atoms with van der Waals surface area (Å²) in [5, 5.41) is 7.48. The van der Waals surface area contributed by atoms with Gasteiger partial charge in [0, 0.05) is 13.1 Å². The topological polar surface area (TPSA) is 46.9 Å². The van der Waals surface area contributed by atoms with Crippen molar-refractivity contribution in [2.45, 2.75) is 53.0 Å². The maximum atomic E-state index is 12.1. The highest BCUT2D eigenvalue weighted by molar-refractivity contribution is 9.10. The first-order valence-corrected chi connectivity index (χ1v) is 7.85. The lowest BCUT2D eigenvalue weighted by Gasteiger charge is -2.11. The van der Waals surface area contributed by atoms with Crippen molar-refractivity contribution in [3.05, 3.63) is 21.0 Å². The first-order valence-electron chi connectivity index (χ1n) is 7.05. The lowest BCUT2D eigenvalue weighted by molar-refractivity contribution is 0.462. The SMILES string of the molecule is CCCCCCNc1cnn(CC(C)C)c(=O)c1Br. The van der Waals surface area contributed by atoms with Crippen LogP contribution < -0.4 is 10.9 Å². The molecule has 1 heterocycles. The number of hydrogen-bond donors (Lipinski definition) is 1. The van der Waals surface area contributed by atoms with Gasteiger partial charge < -0.3 is 5.32 Å². The molecule has 1 aromatic rings. The first-order chi connectivity index (χ1) is 9.06. The number of unbranched alkanes of at least 4 members (excludes halogenated alkanes) is 3. The van der Waals surface area contributed by atoms with Crippen molar-refractivity contribution in [1.82, 2.24) is 9.78 Å². The number of anilines is 1. The fourth-order valence-electron chi connectivity index (χ4n) is 1.84. The smallest absolute Gasteiger partial charge is 0.283 e. The maximum absolute atomic E-state index is 12.1. The van der Waals surface area contributed by atoms with Crippen LogP contribution in [0.25, 0.3) is 0 Å². The van der Waals surface area contributed by atoms with Gasteiger partial charge in [-0.1, -0.05) is 40.0 Å². The fraction of sp³-hybridized carbons (Fsp3) is 0.714. The van der Waals surface area contributed by atoms with E-state index in [1.807, 2.05) is 0 Å². The van der Waals surface area contributed by atoms with Crippen molar-refractivity contribution in [2.75, 3.05) is 11.9 Å². The molecule has 0 spiro atoms. The monoisotopic (exact) mass is 329 g/mol. The minimum atomic E-state index is -0.0627. The number of aromatic nitrogens is 2. The molecule has 0 aliphatic carbocycles. The van der Waals surface area contributed by atoms with Gasteiger partial charge in [-0.2, -0.15) is 5.10 Å². The van der Waals surface area contributed by atoms with Crippen molar-refractivity contribution in [3.8, 4) is 0 Å². The van der Waals surface area contributed by atoms with Gasteiger partial charge in [-0.3, -0.25) is 4.79 Å². The summed E-state index contributed by atoms with van der Waals surface area (Å²) in [6.07, 6.45) is 6.57. The molecule has 0 amide bonds. The van der Waals surface area contributed by atoms with Crippen molar-refractivity contribution in [1.29, 1.82) is 0 Å². The number of nitrogens with one attached hydrogen (secondary N) is 1. The van der Waals surface area contributed by atoms with Crippen LogP contribution in [-0.2, 0) is 6.54 Å². The molecule has 0 aliphatic rings. The van der Waals surface area contributed by atoms with Crippen LogP contribution in [0.15, 0.2) is 15.5 Å². The van der Waals surface area contributed by atoms with E-state index in [4.69, 9.17) is 0 Å². The average Bonchev–Trinajstić information content (AvgIpc) is 2.37. The second-order valence-electron chi connectivity index (χ2n) is 5.24. The van der Waals surface area contributed by atoms with Crippen molar-refractivity contribution >= 4 is 21.6 Å². The molecule has 0 saturated carbocycles. The number of nitrogens with zero attached hydrogens (tertiary/aromatic N) is 2. The minimum absolute atomic E-state index is 0.0627. The normalized spacial score (nSPS) is 11.0. The quantitative estimate of drug-likeness (QED) is 0.740. The van der Waals surface area contributed by atoms with E-state index in [1.165, 1.54) is 23.9 Å². The summed E-state index contributed by atoms with van der Waals surface area (Å²) in [6.45, 7) is 7.87. The summed E-state index contributed by atoms with van der Waals surface area (Å²) >= 11 is 3.37. The third-order valence-electron chi connectivity index (χ3n) is 2.87. The summed E-state index contributed by atoms with van der Waals surface area (Å²) in [5.74, 6) is 0.407. The second-order valence-corrected chi connectivity index (χ2v) is 6.03. The summed E-state index contributed by atoms with van der Waals surface area (Å²) in [6, 6.07) is 0. The van der Waals surface area contributed by atoms with Crippen LogP contribution in [0.3, 0.4) is 0 Å².